The van der Waals surface area contributed by atoms with Crippen LogP contribution in [-0.2, 0) is 0 Å². The molecule has 0 fully saturated rings. The quantitative estimate of drug-likeness (QED) is 0.256. The lowest BCUT2D eigenvalue weighted by Gasteiger charge is -2.05. The zero-order chi connectivity index (χ0) is 21.1. The zero-order valence-electron chi connectivity index (χ0n) is 14.6. The number of hydrogen-bond donors (Lipinski definition) is 2. The summed E-state index contributed by atoms with van der Waals surface area (Å²) in [5, 5.41) is 40.0. The Balaban J connectivity index is 0.000000166. The molecular formula is C22H11Br2ClN2O2. The molecule has 4 aromatic rings. The Kier molecular flexibility index (Phi) is 6.30. The van der Waals surface area contributed by atoms with E-state index in [-0.39, 0.29) is 16.5 Å². The lowest BCUT2D eigenvalue weighted by Crippen LogP contribution is -1.82. The highest BCUT2D eigenvalue weighted by Crippen LogP contribution is 2.35. The van der Waals surface area contributed by atoms with E-state index in [1.807, 2.05) is 12.1 Å². The first-order chi connectivity index (χ1) is 13.8. The Bertz CT molecular complexity index is 1340. The van der Waals surface area contributed by atoms with Crippen molar-refractivity contribution >= 4 is 65.0 Å². The topological polar surface area (TPSA) is 88.0 Å². The number of fused-ring (bicyclic) bond motifs is 2. The molecule has 0 aliphatic rings. The van der Waals surface area contributed by atoms with Crippen LogP contribution in [0.5, 0.6) is 11.5 Å². The van der Waals surface area contributed by atoms with E-state index in [1.54, 1.807) is 36.4 Å². The van der Waals surface area contributed by atoms with E-state index in [0.29, 0.717) is 16.5 Å². The van der Waals surface area contributed by atoms with Crippen molar-refractivity contribution in [3.05, 3.63) is 79.7 Å². The van der Waals surface area contributed by atoms with Crippen LogP contribution in [0.4, 0.5) is 0 Å². The highest BCUT2D eigenvalue weighted by molar-refractivity contribution is 9.10. The van der Waals surface area contributed by atoms with Gasteiger partial charge in [0.05, 0.1) is 28.3 Å². The van der Waals surface area contributed by atoms with Gasteiger partial charge in [-0.1, -0.05) is 55.6 Å². The van der Waals surface area contributed by atoms with Crippen LogP contribution in [-0.4, -0.2) is 10.2 Å². The minimum Gasteiger partial charge on any atom is -0.508 e. The normalized spacial score (nSPS) is 10.1. The van der Waals surface area contributed by atoms with Crippen molar-refractivity contribution in [2.24, 2.45) is 0 Å². The summed E-state index contributed by atoms with van der Waals surface area (Å²) in [6, 6.07) is 19.6. The molecule has 0 aliphatic heterocycles. The van der Waals surface area contributed by atoms with Crippen molar-refractivity contribution in [3.8, 4) is 23.6 Å². The molecule has 0 radical (unpaired) electrons. The van der Waals surface area contributed by atoms with Gasteiger partial charge in [-0.2, -0.15) is 10.5 Å². The van der Waals surface area contributed by atoms with Gasteiger partial charge in [0, 0.05) is 19.7 Å². The maximum absolute atomic E-state index is 9.45. The lowest BCUT2D eigenvalue weighted by molar-refractivity contribution is 0.475. The van der Waals surface area contributed by atoms with Gasteiger partial charge in [0.2, 0.25) is 0 Å². The molecule has 2 N–H and O–H groups in total. The van der Waals surface area contributed by atoms with Crippen LogP contribution in [0.25, 0.3) is 21.5 Å². The lowest BCUT2D eigenvalue weighted by atomic mass is 10.1. The van der Waals surface area contributed by atoms with E-state index in [9.17, 15) is 10.2 Å². The van der Waals surface area contributed by atoms with E-state index in [0.717, 1.165) is 25.1 Å². The summed E-state index contributed by atoms with van der Waals surface area (Å²) < 4.78 is 1.68. The second-order valence-electron chi connectivity index (χ2n) is 6.03. The number of nitriles is 2. The van der Waals surface area contributed by atoms with Crippen molar-refractivity contribution in [1.82, 2.24) is 0 Å². The molecule has 0 aromatic heterocycles. The SMILES string of the molecule is N#Cc1cc(Br)cc2ccc(O)c(Cl)c12.N#Cc1cc(Br)cc2ccc(O)cc12. The van der Waals surface area contributed by atoms with Crippen molar-refractivity contribution in [3.63, 3.8) is 0 Å². The third kappa shape index (κ3) is 4.46. The smallest absolute Gasteiger partial charge is 0.134 e. The van der Waals surface area contributed by atoms with Crippen molar-refractivity contribution in [2.75, 3.05) is 0 Å². The third-order valence-corrected chi connectivity index (χ3v) is 5.44. The van der Waals surface area contributed by atoms with Crippen molar-refractivity contribution < 1.29 is 10.2 Å². The first-order valence-electron chi connectivity index (χ1n) is 8.17. The average Bonchev–Trinajstić information content (AvgIpc) is 2.70. The zero-order valence-corrected chi connectivity index (χ0v) is 18.5. The molecule has 4 aromatic carbocycles. The molecule has 0 saturated heterocycles. The van der Waals surface area contributed by atoms with Gasteiger partial charge in [-0.05, 0) is 53.2 Å². The monoisotopic (exact) mass is 528 g/mol. The molecule has 4 nitrogen and oxygen atoms in total. The number of nitrogens with zero attached hydrogens (tertiary/aromatic N) is 2. The predicted octanol–water partition coefficient (Wildman–Crippen LogP) is 7.01. The number of phenolic OH excluding ortho intramolecular Hbond substituents is 2. The van der Waals surface area contributed by atoms with Gasteiger partial charge in [0.25, 0.3) is 0 Å². The Morgan fingerprint density at radius 2 is 1.34 bits per heavy atom. The third-order valence-electron chi connectivity index (χ3n) is 4.14. The van der Waals surface area contributed by atoms with Crippen LogP contribution in [0.2, 0.25) is 5.02 Å². The number of aromatic hydroxyl groups is 2. The van der Waals surface area contributed by atoms with Crippen molar-refractivity contribution in [1.29, 1.82) is 10.5 Å². The van der Waals surface area contributed by atoms with Gasteiger partial charge in [-0.25, -0.2) is 0 Å². The molecule has 0 amide bonds. The van der Waals surface area contributed by atoms with E-state index in [1.165, 1.54) is 6.07 Å². The molecule has 0 bridgehead atoms. The summed E-state index contributed by atoms with van der Waals surface area (Å²) in [7, 11) is 0. The summed E-state index contributed by atoms with van der Waals surface area (Å²) in [5.74, 6) is 0.166. The van der Waals surface area contributed by atoms with Crippen molar-refractivity contribution in [2.45, 2.75) is 0 Å². The second kappa shape index (κ2) is 8.71. The van der Waals surface area contributed by atoms with E-state index in [2.05, 4.69) is 44.0 Å². The van der Waals surface area contributed by atoms with Crippen LogP contribution < -0.4 is 0 Å². The standard InChI is InChI=1S/C11H5BrClNO.C11H6BrNO/c12-8-3-6-1-2-9(15)11(13)10(6)7(4-8)5-14;12-9-3-7-1-2-10(14)5-11(7)8(4-9)6-13/h1-4,15H;1-5,14H. The predicted molar refractivity (Wildman–Crippen MR) is 121 cm³/mol. The second-order valence-corrected chi connectivity index (χ2v) is 8.24. The van der Waals surface area contributed by atoms with Gasteiger partial charge in [0.15, 0.2) is 0 Å². The molecule has 0 heterocycles. The van der Waals surface area contributed by atoms with Crippen LogP contribution in [0, 0.1) is 22.7 Å². The first-order valence-corrected chi connectivity index (χ1v) is 10.1. The molecule has 7 heteroatoms. The fourth-order valence-corrected chi connectivity index (χ4v) is 4.09. The maximum Gasteiger partial charge on any atom is 0.134 e. The minimum absolute atomic E-state index is 0.0111. The molecule has 0 unspecified atom stereocenters. The number of phenols is 2. The average molecular weight is 531 g/mol. The van der Waals surface area contributed by atoms with Crippen LogP contribution in [0.15, 0.2) is 63.5 Å². The highest BCUT2D eigenvalue weighted by Gasteiger charge is 2.10. The Labute approximate surface area is 188 Å². The van der Waals surface area contributed by atoms with E-state index >= 15 is 0 Å². The van der Waals surface area contributed by atoms with Crippen LogP contribution >= 0.6 is 43.5 Å². The van der Waals surface area contributed by atoms with Crippen LogP contribution in [0.3, 0.4) is 0 Å². The number of halogens is 3. The fraction of sp³-hybridized carbons (Fsp3) is 0. The number of hydrogen-bond acceptors (Lipinski definition) is 4. The Morgan fingerprint density at radius 3 is 2.00 bits per heavy atom. The molecular weight excluding hydrogens is 520 g/mol. The summed E-state index contributed by atoms with van der Waals surface area (Å²) in [6.45, 7) is 0. The molecule has 0 aliphatic carbocycles. The number of rotatable bonds is 0. The van der Waals surface area contributed by atoms with Crippen LogP contribution in [0.1, 0.15) is 11.1 Å². The Morgan fingerprint density at radius 1 is 0.759 bits per heavy atom. The summed E-state index contributed by atoms with van der Waals surface area (Å²) in [6.07, 6.45) is 0. The molecule has 0 spiro atoms. The van der Waals surface area contributed by atoms with Gasteiger partial charge in [0.1, 0.15) is 11.5 Å². The minimum atomic E-state index is -0.0111. The first kappa shape index (κ1) is 21.0. The van der Waals surface area contributed by atoms with Gasteiger partial charge in [-0.15, -0.1) is 0 Å². The van der Waals surface area contributed by atoms with Gasteiger partial charge >= 0.3 is 0 Å². The summed E-state index contributed by atoms with van der Waals surface area (Å²) in [5.41, 5.74) is 1.01. The summed E-state index contributed by atoms with van der Waals surface area (Å²) >= 11 is 12.6. The van der Waals surface area contributed by atoms with E-state index in [4.69, 9.17) is 22.1 Å². The molecule has 4 rings (SSSR count). The van der Waals surface area contributed by atoms with Gasteiger partial charge in [-0.3, -0.25) is 0 Å². The highest BCUT2D eigenvalue weighted by atomic mass is 79.9. The largest absolute Gasteiger partial charge is 0.508 e. The maximum atomic E-state index is 9.45. The fourth-order valence-electron chi connectivity index (χ4n) is 2.86. The Hall–Kier alpha value is -2.77. The number of benzene rings is 4. The van der Waals surface area contributed by atoms with E-state index < -0.39 is 0 Å². The summed E-state index contributed by atoms with van der Waals surface area (Å²) in [4.78, 5) is 0. The molecule has 29 heavy (non-hydrogen) atoms. The van der Waals surface area contributed by atoms with Gasteiger partial charge < -0.3 is 10.2 Å². The molecule has 0 atom stereocenters. The molecule has 142 valence electrons. The molecule has 0 saturated carbocycles.